The highest BCUT2D eigenvalue weighted by atomic mass is 16.5. The van der Waals surface area contributed by atoms with Gasteiger partial charge in [0.15, 0.2) is 0 Å². The van der Waals surface area contributed by atoms with Crippen molar-refractivity contribution in [3.63, 3.8) is 0 Å². The van der Waals surface area contributed by atoms with Gasteiger partial charge in [-0.2, -0.15) is 0 Å². The molecule has 94 valence electrons. The van der Waals surface area contributed by atoms with E-state index in [2.05, 4.69) is 18.3 Å². The van der Waals surface area contributed by atoms with E-state index in [4.69, 9.17) is 9.47 Å². The van der Waals surface area contributed by atoms with Crippen molar-refractivity contribution in [2.75, 3.05) is 32.9 Å². The molecule has 1 aromatic carbocycles. The molecule has 0 radical (unpaired) electrons. The first-order valence-electron chi connectivity index (χ1n) is 6.33. The van der Waals surface area contributed by atoms with E-state index in [1.165, 1.54) is 12.0 Å². The summed E-state index contributed by atoms with van der Waals surface area (Å²) in [6, 6.07) is 8.12. The second-order valence-electron chi connectivity index (χ2n) is 4.55. The van der Waals surface area contributed by atoms with Gasteiger partial charge in [0, 0.05) is 19.7 Å². The Kier molecular flexibility index (Phi) is 4.83. The highest BCUT2D eigenvalue weighted by molar-refractivity contribution is 5.31. The minimum Gasteiger partial charge on any atom is -0.492 e. The molecular formula is C14H21NO2. The molecule has 1 heterocycles. The third-order valence-corrected chi connectivity index (χ3v) is 3.09. The maximum atomic E-state index is 5.71. The van der Waals surface area contributed by atoms with Crippen LogP contribution in [-0.2, 0) is 4.74 Å². The zero-order valence-electron chi connectivity index (χ0n) is 10.4. The summed E-state index contributed by atoms with van der Waals surface area (Å²) < 4.78 is 11.0. The van der Waals surface area contributed by atoms with Crippen molar-refractivity contribution in [3.05, 3.63) is 29.8 Å². The fourth-order valence-corrected chi connectivity index (χ4v) is 2.00. The van der Waals surface area contributed by atoms with Crippen molar-refractivity contribution in [1.82, 2.24) is 5.32 Å². The number of aryl methyl sites for hydroxylation is 1. The number of para-hydroxylation sites is 1. The third kappa shape index (κ3) is 4.02. The van der Waals surface area contributed by atoms with Gasteiger partial charge in [0.1, 0.15) is 12.4 Å². The van der Waals surface area contributed by atoms with Crippen LogP contribution in [0.4, 0.5) is 0 Å². The van der Waals surface area contributed by atoms with Gasteiger partial charge in [-0.3, -0.25) is 0 Å². The number of ether oxygens (including phenoxy) is 2. The molecule has 1 saturated heterocycles. The second-order valence-corrected chi connectivity index (χ2v) is 4.55. The first-order chi connectivity index (χ1) is 8.36. The summed E-state index contributed by atoms with van der Waals surface area (Å²) in [5.41, 5.74) is 1.19. The fraction of sp³-hybridized carbons (Fsp3) is 0.571. The normalized spacial score (nSPS) is 19.5. The first-order valence-corrected chi connectivity index (χ1v) is 6.33. The van der Waals surface area contributed by atoms with E-state index in [1.54, 1.807) is 0 Å². The van der Waals surface area contributed by atoms with Crippen molar-refractivity contribution in [2.45, 2.75) is 13.3 Å². The van der Waals surface area contributed by atoms with E-state index in [-0.39, 0.29) is 0 Å². The monoisotopic (exact) mass is 235 g/mol. The van der Waals surface area contributed by atoms with Crippen LogP contribution in [0, 0.1) is 12.8 Å². The van der Waals surface area contributed by atoms with Crippen LogP contribution in [0.1, 0.15) is 12.0 Å². The maximum Gasteiger partial charge on any atom is 0.122 e. The fourth-order valence-electron chi connectivity index (χ4n) is 2.00. The van der Waals surface area contributed by atoms with Crippen LogP contribution in [0.3, 0.4) is 0 Å². The zero-order valence-corrected chi connectivity index (χ0v) is 10.4. The molecule has 1 aliphatic rings. The number of hydrogen-bond acceptors (Lipinski definition) is 3. The Balaban J connectivity index is 1.58. The Labute approximate surface area is 103 Å². The Hall–Kier alpha value is -1.06. The predicted octanol–water partition coefficient (Wildman–Crippen LogP) is 2.00. The second kappa shape index (κ2) is 6.62. The molecule has 0 aromatic heterocycles. The van der Waals surface area contributed by atoms with E-state index in [9.17, 15) is 0 Å². The molecule has 0 spiro atoms. The molecule has 1 N–H and O–H groups in total. The standard InChI is InChI=1S/C14H21NO2/c1-12-4-2-3-5-14(12)17-9-7-15-10-13-6-8-16-11-13/h2-5,13,15H,6-11H2,1H3. The molecule has 3 heteroatoms. The molecule has 0 aliphatic carbocycles. The minimum atomic E-state index is 0.688. The van der Waals surface area contributed by atoms with Crippen LogP contribution in [0.15, 0.2) is 24.3 Å². The smallest absolute Gasteiger partial charge is 0.122 e. The van der Waals surface area contributed by atoms with Gasteiger partial charge in [-0.05, 0) is 30.9 Å². The SMILES string of the molecule is Cc1ccccc1OCCNCC1CCOC1. The largest absolute Gasteiger partial charge is 0.492 e. The first kappa shape index (κ1) is 12.4. The molecule has 1 unspecified atom stereocenters. The van der Waals surface area contributed by atoms with Crippen molar-refractivity contribution in [2.24, 2.45) is 5.92 Å². The number of rotatable bonds is 6. The van der Waals surface area contributed by atoms with Gasteiger partial charge in [-0.25, -0.2) is 0 Å². The van der Waals surface area contributed by atoms with Crippen molar-refractivity contribution in [3.8, 4) is 5.75 Å². The lowest BCUT2D eigenvalue weighted by molar-refractivity contribution is 0.185. The number of hydrogen-bond donors (Lipinski definition) is 1. The quantitative estimate of drug-likeness (QED) is 0.765. The summed E-state index contributed by atoms with van der Waals surface area (Å²) in [7, 11) is 0. The summed E-state index contributed by atoms with van der Waals surface area (Å²) in [6.07, 6.45) is 1.19. The van der Waals surface area contributed by atoms with Crippen molar-refractivity contribution in [1.29, 1.82) is 0 Å². The topological polar surface area (TPSA) is 30.5 Å². The molecular weight excluding hydrogens is 214 g/mol. The van der Waals surface area contributed by atoms with E-state index in [0.717, 1.165) is 38.7 Å². The van der Waals surface area contributed by atoms with Gasteiger partial charge in [0.25, 0.3) is 0 Å². The summed E-state index contributed by atoms with van der Waals surface area (Å²) in [5.74, 6) is 1.67. The van der Waals surface area contributed by atoms with Gasteiger partial charge in [0.2, 0.25) is 0 Å². The molecule has 0 bridgehead atoms. The van der Waals surface area contributed by atoms with Gasteiger partial charge < -0.3 is 14.8 Å². The highest BCUT2D eigenvalue weighted by Crippen LogP contribution is 2.15. The lowest BCUT2D eigenvalue weighted by Crippen LogP contribution is -2.27. The van der Waals surface area contributed by atoms with Crippen molar-refractivity contribution >= 4 is 0 Å². The van der Waals surface area contributed by atoms with E-state index < -0.39 is 0 Å². The van der Waals surface area contributed by atoms with Crippen LogP contribution in [0.5, 0.6) is 5.75 Å². The van der Waals surface area contributed by atoms with Crippen LogP contribution >= 0.6 is 0 Å². The Morgan fingerprint density at radius 1 is 1.41 bits per heavy atom. The lowest BCUT2D eigenvalue weighted by atomic mass is 10.1. The average Bonchev–Trinajstić information content (AvgIpc) is 2.84. The number of nitrogens with one attached hydrogen (secondary N) is 1. The molecule has 0 saturated carbocycles. The molecule has 3 nitrogen and oxygen atoms in total. The lowest BCUT2D eigenvalue weighted by Gasteiger charge is -2.11. The van der Waals surface area contributed by atoms with Crippen LogP contribution < -0.4 is 10.1 Å². The predicted molar refractivity (Wildman–Crippen MR) is 68.5 cm³/mol. The van der Waals surface area contributed by atoms with Crippen LogP contribution in [-0.4, -0.2) is 32.9 Å². The van der Waals surface area contributed by atoms with E-state index in [1.807, 2.05) is 18.2 Å². The zero-order chi connectivity index (χ0) is 11.9. The van der Waals surface area contributed by atoms with E-state index >= 15 is 0 Å². The Morgan fingerprint density at radius 3 is 3.06 bits per heavy atom. The molecule has 1 aromatic rings. The Bertz CT molecular complexity index is 335. The molecule has 1 atom stereocenters. The molecule has 0 amide bonds. The van der Waals surface area contributed by atoms with Gasteiger partial charge in [-0.15, -0.1) is 0 Å². The molecule has 17 heavy (non-hydrogen) atoms. The average molecular weight is 235 g/mol. The molecule has 1 aliphatic heterocycles. The van der Waals surface area contributed by atoms with Crippen molar-refractivity contribution < 1.29 is 9.47 Å². The van der Waals surface area contributed by atoms with Crippen LogP contribution in [0.2, 0.25) is 0 Å². The number of benzene rings is 1. The van der Waals surface area contributed by atoms with Gasteiger partial charge in [-0.1, -0.05) is 18.2 Å². The molecule has 2 rings (SSSR count). The highest BCUT2D eigenvalue weighted by Gasteiger charge is 2.14. The maximum absolute atomic E-state index is 5.71. The van der Waals surface area contributed by atoms with E-state index in [0.29, 0.717) is 5.92 Å². The minimum absolute atomic E-state index is 0.688. The summed E-state index contributed by atoms with van der Waals surface area (Å²) in [5, 5.41) is 3.41. The molecule has 1 fully saturated rings. The van der Waals surface area contributed by atoms with Gasteiger partial charge in [0.05, 0.1) is 6.61 Å². The summed E-state index contributed by atoms with van der Waals surface area (Å²) in [6.45, 7) is 6.55. The summed E-state index contributed by atoms with van der Waals surface area (Å²) in [4.78, 5) is 0. The van der Waals surface area contributed by atoms with Crippen LogP contribution in [0.25, 0.3) is 0 Å². The van der Waals surface area contributed by atoms with Gasteiger partial charge >= 0.3 is 0 Å². The Morgan fingerprint density at radius 2 is 2.29 bits per heavy atom. The summed E-state index contributed by atoms with van der Waals surface area (Å²) >= 11 is 0. The third-order valence-electron chi connectivity index (χ3n) is 3.09.